The Bertz CT molecular complexity index is 1680. The Balaban J connectivity index is 1.07. The largest absolute Gasteiger partial charge is 0.360 e. The van der Waals surface area contributed by atoms with Crippen LogP contribution < -0.4 is 5.32 Å². The number of carbonyl (C=O) groups excluding carboxylic acids is 3. The summed E-state index contributed by atoms with van der Waals surface area (Å²) in [5, 5.41) is 13.1. The molecule has 2 aliphatic carbocycles. The fourth-order valence-electron chi connectivity index (χ4n) is 8.23. The number of rotatable bonds is 6. The zero-order valence-electron chi connectivity index (χ0n) is 25.1. The van der Waals surface area contributed by atoms with Crippen LogP contribution >= 0.6 is 18.9 Å². The van der Waals surface area contributed by atoms with Gasteiger partial charge in [-0.2, -0.15) is 5.26 Å². The Morgan fingerprint density at radius 3 is 2.61 bits per heavy atom. The quantitative estimate of drug-likeness (QED) is 0.388. The molecule has 1 spiro atoms. The van der Waals surface area contributed by atoms with Gasteiger partial charge in [0.2, 0.25) is 17.7 Å². The highest BCUT2D eigenvalue weighted by Gasteiger charge is 2.64. The molecule has 0 radical (unpaired) electrons. The van der Waals surface area contributed by atoms with Crippen molar-refractivity contribution in [3.8, 4) is 6.07 Å². The minimum atomic E-state index is -4.92. The van der Waals surface area contributed by atoms with Crippen LogP contribution in [-0.2, 0) is 20.6 Å². The van der Waals surface area contributed by atoms with Gasteiger partial charge in [0.15, 0.2) is 0 Å². The summed E-state index contributed by atoms with van der Waals surface area (Å²) in [6.07, 6.45) is 7.76. The van der Waals surface area contributed by atoms with E-state index in [0.29, 0.717) is 47.5 Å². The molecule has 5 aliphatic rings. The predicted molar refractivity (Wildman–Crippen MR) is 168 cm³/mol. The normalized spacial score (nSPS) is 30.3. The topological polar surface area (TPSA) is 151 Å². The minimum Gasteiger partial charge on any atom is -0.340 e. The van der Waals surface area contributed by atoms with Crippen molar-refractivity contribution >= 4 is 42.7 Å². The van der Waals surface area contributed by atoms with Gasteiger partial charge >= 0.3 is 7.60 Å². The molecule has 1 aromatic heterocycles. The van der Waals surface area contributed by atoms with Gasteiger partial charge in [-0.1, -0.05) is 36.4 Å². The number of carbonyl (C=O) groups is 3. The van der Waals surface area contributed by atoms with E-state index in [-0.39, 0.29) is 36.1 Å². The molecule has 7 atom stereocenters. The number of nitrogens with one attached hydrogen (secondary N) is 1. The molecule has 46 heavy (non-hydrogen) atoms. The van der Waals surface area contributed by atoms with Crippen LogP contribution in [0.5, 0.6) is 0 Å². The lowest BCUT2D eigenvalue weighted by molar-refractivity contribution is -0.147. The average Bonchev–Trinajstić information content (AvgIpc) is 3.42. The minimum absolute atomic E-state index is 0.0548. The van der Waals surface area contributed by atoms with E-state index in [4.69, 9.17) is 0 Å². The summed E-state index contributed by atoms with van der Waals surface area (Å²) in [6.45, 7) is 0.445. The van der Waals surface area contributed by atoms with Crippen LogP contribution in [0.25, 0.3) is 6.08 Å². The SMILES string of the molecule is N#C[C@@H]1[C@@H](c2ccccc2)CN(C(=O)[C@@H]2CC[C@@H]3CCC[C@H](NC(=O)c4cc5c(s4)C=CC([C@H](F)P(=O)(O)O)C5)C(=O)N32)C12CC2. The van der Waals surface area contributed by atoms with Crippen molar-refractivity contribution in [1.82, 2.24) is 15.1 Å². The van der Waals surface area contributed by atoms with Crippen LogP contribution in [0.3, 0.4) is 0 Å². The molecule has 3 amide bonds. The Labute approximate surface area is 270 Å². The molecule has 3 N–H and O–H groups in total. The number of likely N-dealkylation sites (tertiary alicyclic amines) is 1. The molecular formula is C33H36FN4O6PS. The number of fused-ring (bicyclic) bond motifs is 2. The maximum absolute atomic E-state index is 14.3. The lowest BCUT2D eigenvalue weighted by atomic mass is 9.85. The number of alkyl halides is 1. The molecule has 4 fully saturated rings. The second-order valence-corrected chi connectivity index (χ2v) is 16.1. The fourth-order valence-corrected chi connectivity index (χ4v) is 9.94. The van der Waals surface area contributed by atoms with Gasteiger partial charge in [-0.25, -0.2) is 4.39 Å². The molecule has 2 aromatic rings. The summed E-state index contributed by atoms with van der Waals surface area (Å²) in [6, 6.07) is 12.4. The monoisotopic (exact) mass is 666 g/mol. The van der Waals surface area contributed by atoms with E-state index >= 15 is 0 Å². The summed E-state index contributed by atoms with van der Waals surface area (Å²) in [5.74, 6) is -4.54. The number of amides is 3. The third-order valence-electron chi connectivity index (χ3n) is 10.7. The van der Waals surface area contributed by atoms with E-state index < -0.39 is 43.0 Å². The van der Waals surface area contributed by atoms with Crippen LogP contribution in [-0.4, -0.2) is 73.4 Å². The van der Waals surface area contributed by atoms with Crippen LogP contribution in [0, 0.1) is 23.2 Å². The second kappa shape index (κ2) is 11.7. The average molecular weight is 667 g/mol. The molecular weight excluding hydrogens is 630 g/mol. The third-order valence-corrected chi connectivity index (χ3v) is 12.8. The number of nitriles is 1. The highest BCUT2D eigenvalue weighted by molar-refractivity contribution is 7.52. The Morgan fingerprint density at radius 2 is 1.91 bits per heavy atom. The molecule has 1 unspecified atom stereocenters. The third kappa shape index (κ3) is 5.31. The van der Waals surface area contributed by atoms with E-state index in [9.17, 15) is 38.4 Å². The molecule has 3 aliphatic heterocycles. The fraction of sp³-hybridized carbons (Fsp3) is 0.515. The van der Waals surface area contributed by atoms with Gasteiger partial charge in [0, 0.05) is 29.3 Å². The van der Waals surface area contributed by atoms with Gasteiger partial charge < -0.3 is 24.9 Å². The smallest absolute Gasteiger partial charge is 0.340 e. The molecule has 13 heteroatoms. The van der Waals surface area contributed by atoms with Gasteiger partial charge in [-0.05, 0) is 74.6 Å². The highest BCUT2D eigenvalue weighted by atomic mass is 32.1. The van der Waals surface area contributed by atoms with Crippen molar-refractivity contribution in [2.75, 3.05) is 6.54 Å². The Hall–Kier alpha value is -3.36. The van der Waals surface area contributed by atoms with Crippen LogP contribution in [0.2, 0.25) is 0 Å². The van der Waals surface area contributed by atoms with Crippen molar-refractivity contribution in [2.24, 2.45) is 11.8 Å². The van der Waals surface area contributed by atoms with Crippen LogP contribution in [0.1, 0.15) is 76.5 Å². The van der Waals surface area contributed by atoms with E-state index in [1.54, 1.807) is 17.0 Å². The van der Waals surface area contributed by atoms with Crippen molar-refractivity contribution in [2.45, 2.75) is 86.9 Å². The van der Waals surface area contributed by atoms with Gasteiger partial charge in [-0.3, -0.25) is 18.9 Å². The highest BCUT2D eigenvalue weighted by Crippen LogP contribution is 2.58. The zero-order valence-corrected chi connectivity index (χ0v) is 26.8. The summed E-state index contributed by atoms with van der Waals surface area (Å²) in [7, 11) is -4.92. The first-order chi connectivity index (χ1) is 22.0. The predicted octanol–water partition coefficient (Wildman–Crippen LogP) is 4.35. The Morgan fingerprint density at radius 1 is 1.15 bits per heavy atom. The molecule has 7 rings (SSSR count). The number of benzene rings is 1. The van der Waals surface area contributed by atoms with E-state index in [0.717, 1.165) is 24.8 Å². The van der Waals surface area contributed by atoms with E-state index in [2.05, 4.69) is 11.4 Å². The number of nitrogens with zero attached hydrogens (tertiary/aromatic N) is 3. The Kier molecular flexibility index (Phi) is 7.95. The molecule has 1 aromatic carbocycles. The summed E-state index contributed by atoms with van der Waals surface area (Å²) < 4.78 is 25.8. The van der Waals surface area contributed by atoms with Gasteiger partial charge in [0.25, 0.3) is 5.91 Å². The number of halogens is 1. The molecule has 4 heterocycles. The summed E-state index contributed by atoms with van der Waals surface area (Å²) in [4.78, 5) is 65.0. The number of allylic oxidation sites excluding steroid dienone is 1. The standard InChI is InChI=1S/C33H36FN4O6PS/c34-29(45(42,43)44)20-9-12-27-21(15-20)16-28(46-27)30(39)36-25-8-4-7-22-10-11-26(38(22)31(25)40)32(41)37-18-23(19-5-2-1-3-6-19)24(17-35)33(37)13-14-33/h1-3,5-6,9,12,16,20,22-26,29H,4,7-8,10-11,13-15,18H2,(H,36,39)(H2,42,43,44)/t20?,22-,23+,24+,25-,26-,29+/m0/s1. The summed E-state index contributed by atoms with van der Waals surface area (Å²) in [5.41, 5.74) is 1.17. The lowest BCUT2D eigenvalue weighted by Gasteiger charge is -2.35. The molecule has 1 saturated carbocycles. The van der Waals surface area contributed by atoms with E-state index in [1.807, 2.05) is 35.2 Å². The van der Waals surface area contributed by atoms with Crippen molar-refractivity contribution in [3.63, 3.8) is 0 Å². The number of thiophene rings is 1. The number of hydrogen-bond acceptors (Lipinski definition) is 6. The summed E-state index contributed by atoms with van der Waals surface area (Å²) >= 11 is 1.18. The second-order valence-electron chi connectivity index (χ2n) is 13.3. The molecule has 0 bridgehead atoms. The zero-order chi connectivity index (χ0) is 32.4. The maximum Gasteiger partial charge on any atom is 0.360 e. The van der Waals surface area contributed by atoms with Gasteiger partial charge in [-0.15, -0.1) is 11.3 Å². The molecule has 242 valence electrons. The van der Waals surface area contributed by atoms with Gasteiger partial charge in [0.05, 0.1) is 22.4 Å². The van der Waals surface area contributed by atoms with Gasteiger partial charge in [0.1, 0.15) is 12.1 Å². The van der Waals surface area contributed by atoms with Crippen molar-refractivity contribution in [1.29, 1.82) is 5.26 Å². The van der Waals surface area contributed by atoms with Crippen LogP contribution in [0.15, 0.2) is 42.5 Å². The first-order valence-electron chi connectivity index (χ1n) is 15.9. The van der Waals surface area contributed by atoms with E-state index in [1.165, 1.54) is 17.4 Å². The van der Waals surface area contributed by atoms with Crippen molar-refractivity contribution < 1.29 is 33.1 Å². The van der Waals surface area contributed by atoms with Crippen LogP contribution in [0.4, 0.5) is 4.39 Å². The number of hydrogen-bond donors (Lipinski definition) is 3. The first-order valence-corrected chi connectivity index (χ1v) is 18.4. The molecule has 3 saturated heterocycles. The lowest BCUT2D eigenvalue weighted by Crippen LogP contribution is -2.56. The maximum atomic E-state index is 14.3. The molecule has 10 nitrogen and oxygen atoms in total. The van der Waals surface area contributed by atoms with Crippen molar-refractivity contribution in [3.05, 3.63) is 63.4 Å². The first kappa shape index (κ1) is 31.3.